The average Bonchev–Trinajstić information content (AvgIpc) is 1.77. The first-order valence-corrected chi connectivity index (χ1v) is 7.41. The molecule has 1 unspecified atom stereocenters. The first-order valence-electron chi connectivity index (χ1n) is 4.13. The zero-order valence-corrected chi connectivity index (χ0v) is 8.91. The molecular formula is C8H19LiSi. The molecule has 0 nitrogen and oxygen atoms in total. The van der Waals surface area contributed by atoms with E-state index in [0.717, 1.165) is 5.54 Å². The molecule has 1 aliphatic rings. The fraction of sp³-hybridized carbons (Fsp3) is 1.00. The van der Waals surface area contributed by atoms with Gasteiger partial charge in [0.25, 0.3) is 0 Å². The summed E-state index contributed by atoms with van der Waals surface area (Å²) in [6.07, 6.45) is 4.53. The molecule has 1 fully saturated rings. The summed E-state index contributed by atoms with van der Waals surface area (Å²) in [7, 11) is -0.694. The van der Waals surface area contributed by atoms with Crippen molar-refractivity contribution in [3.63, 3.8) is 0 Å². The van der Waals surface area contributed by atoms with Crippen LogP contribution in [0.4, 0.5) is 0 Å². The quantitative estimate of drug-likeness (QED) is 0.438. The van der Waals surface area contributed by atoms with Crippen LogP contribution in [0, 0.1) is 0 Å². The van der Waals surface area contributed by atoms with Gasteiger partial charge in [-0.1, -0.05) is 45.3 Å². The maximum Gasteiger partial charge on any atom is 1.00 e. The zero-order valence-electron chi connectivity index (χ0n) is 8.91. The Hall–Kier alpha value is 0.814. The number of hydrogen-bond donors (Lipinski definition) is 0. The van der Waals surface area contributed by atoms with E-state index in [9.17, 15) is 0 Å². The van der Waals surface area contributed by atoms with Crippen LogP contribution in [-0.2, 0) is 0 Å². The molecule has 0 spiro atoms. The van der Waals surface area contributed by atoms with Gasteiger partial charge in [0.05, 0.1) is 8.07 Å². The second-order valence-corrected chi connectivity index (χ2v) is 9.60. The maximum atomic E-state index is 2.54. The van der Waals surface area contributed by atoms with Crippen LogP contribution in [0.5, 0.6) is 0 Å². The Labute approximate surface area is 79.5 Å². The molecule has 0 radical (unpaired) electrons. The van der Waals surface area contributed by atoms with Gasteiger partial charge in [-0.15, -0.1) is 0 Å². The molecule has 0 aromatic carbocycles. The minimum atomic E-state index is -0.694. The maximum absolute atomic E-state index is 2.54. The van der Waals surface area contributed by atoms with Crippen molar-refractivity contribution in [3.8, 4) is 0 Å². The normalized spacial score (nSPS) is 30.9. The first-order chi connectivity index (χ1) is 4.13. The van der Waals surface area contributed by atoms with Crippen molar-refractivity contribution in [2.45, 2.75) is 50.9 Å². The summed E-state index contributed by atoms with van der Waals surface area (Å²) in [4.78, 5) is 0. The van der Waals surface area contributed by atoms with Crippen LogP contribution in [0.3, 0.4) is 0 Å². The van der Waals surface area contributed by atoms with E-state index in [1.807, 2.05) is 0 Å². The van der Waals surface area contributed by atoms with E-state index in [4.69, 9.17) is 0 Å². The van der Waals surface area contributed by atoms with Gasteiger partial charge < -0.3 is 1.43 Å². The summed E-state index contributed by atoms with van der Waals surface area (Å²) in [6, 6.07) is 1.58. The van der Waals surface area contributed by atoms with Crippen molar-refractivity contribution in [1.29, 1.82) is 0 Å². The second kappa shape index (κ2) is 4.00. The first kappa shape index (κ1) is 10.8. The standard InChI is InChI=1S/C8H18Si.Li.H/c1-8-6-4-5-7-9(8,2)3;;/h8H,4-7H2,1-3H3;;/q;+1;-1. The van der Waals surface area contributed by atoms with Crippen LogP contribution in [-0.4, -0.2) is 8.07 Å². The van der Waals surface area contributed by atoms with Gasteiger partial charge in [-0.05, 0) is 5.54 Å². The van der Waals surface area contributed by atoms with E-state index in [1.165, 1.54) is 19.3 Å². The van der Waals surface area contributed by atoms with E-state index < -0.39 is 8.07 Å². The molecule has 0 aliphatic carbocycles. The molecule has 0 aromatic heterocycles. The molecule has 0 bridgehead atoms. The van der Waals surface area contributed by atoms with Crippen molar-refractivity contribution in [2.24, 2.45) is 0 Å². The molecule has 0 N–H and O–H groups in total. The largest absolute Gasteiger partial charge is 1.00 e. The molecule has 1 aliphatic heterocycles. The third-order valence-electron chi connectivity index (χ3n) is 3.04. The van der Waals surface area contributed by atoms with Crippen LogP contribution < -0.4 is 18.9 Å². The van der Waals surface area contributed by atoms with Crippen molar-refractivity contribution in [1.82, 2.24) is 0 Å². The molecule has 0 amide bonds. The van der Waals surface area contributed by atoms with Gasteiger partial charge in [0.2, 0.25) is 0 Å². The van der Waals surface area contributed by atoms with Crippen molar-refractivity contribution < 1.29 is 20.3 Å². The van der Waals surface area contributed by atoms with Gasteiger partial charge in [-0.3, -0.25) is 0 Å². The second-order valence-electron chi connectivity index (χ2n) is 4.14. The predicted molar refractivity (Wildman–Crippen MR) is 46.7 cm³/mol. The molecule has 0 aromatic rings. The van der Waals surface area contributed by atoms with Gasteiger partial charge in [0, 0.05) is 0 Å². The Kier molecular flexibility index (Phi) is 4.32. The predicted octanol–water partition coefficient (Wildman–Crippen LogP) is 0.385. The Morgan fingerprint density at radius 2 is 1.90 bits per heavy atom. The summed E-state index contributed by atoms with van der Waals surface area (Å²) in [5, 5.41) is 0. The summed E-state index contributed by atoms with van der Waals surface area (Å²) in [5.74, 6) is 0. The van der Waals surface area contributed by atoms with Gasteiger partial charge in [-0.2, -0.15) is 0 Å². The van der Waals surface area contributed by atoms with Crippen LogP contribution >= 0.6 is 0 Å². The average molecular weight is 150 g/mol. The Bertz CT molecular complexity index is 106. The molecule has 10 heavy (non-hydrogen) atoms. The summed E-state index contributed by atoms with van der Waals surface area (Å²) in [5.41, 5.74) is 1.09. The molecule has 56 valence electrons. The monoisotopic (exact) mass is 150 g/mol. The third kappa shape index (κ3) is 2.45. The van der Waals surface area contributed by atoms with Gasteiger partial charge in [0.15, 0.2) is 0 Å². The number of hydrogen-bond acceptors (Lipinski definition) is 0. The molecule has 1 atom stereocenters. The number of rotatable bonds is 0. The minimum absolute atomic E-state index is 0. The molecule has 0 saturated carbocycles. The van der Waals surface area contributed by atoms with Crippen molar-refractivity contribution >= 4 is 8.07 Å². The minimum Gasteiger partial charge on any atom is -1.00 e. The Morgan fingerprint density at radius 1 is 1.30 bits per heavy atom. The topological polar surface area (TPSA) is 0 Å². The third-order valence-corrected chi connectivity index (χ3v) is 7.64. The van der Waals surface area contributed by atoms with E-state index in [-0.39, 0.29) is 20.3 Å². The Balaban J connectivity index is 0. The van der Waals surface area contributed by atoms with Gasteiger partial charge in [-0.25, -0.2) is 0 Å². The van der Waals surface area contributed by atoms with Gasteiger partial charge in [0.1, 0.15) is 0 Å². The molecule has 2 heteroatoms. The van der Waals surface area contributed by atoms with E-state index >= 15 is 0 Å². The van der Waals surface area contributed by atoms with Crippen molar-refractivity contribution in [3.05, 3.63) is 0 Å². The zero-order chi connectivity index (χ0) is 6.91. The smallest absolute Gasteiger partial charge is 1.00 e. The Morgan fingerprint density at radius 3 is 2.20 bits per heavy atom. The summed E-state index contributed by atoms with van der Waals surface area (Å²) in [6.45, 7) is 7.53. The molecular weight excluding hydrogens is 131 g/mol. The van der Waals surface area contributed by atoms with Crippen molar-refractivity contribution in [2.75, 3.05) is 0 Å². The van der Waals surface area contributed by atoms with Crippen LogP contribution in [0.15, 0.2) is 0 Å². The fourth-order valence-corrected chi connectivity index (χ4v) is 4.31. The summed E-state index contributed by atoms with van der Waals surface area (Å²) >= 11 is 0. The van der Waals surface area contributed by atoms with E-state index in [0.29, 0.717) is 0 Å². The SMILES string of the molecule is CC1CCCC[Si]1(C)C.[H-].[Li+]. The fourth-order valence-electron chi connectivity index (χ4n) is 1.67. The van der Waals surface area contributed by atoms with E-state index in [1.54, 1.807) is 6.04 Å². The van der Waals surface area contributed by atoms with E-state index in [2.05, 4.69) is 20.0 Å². The molecule has 1 heterocycles. The van der Waals surface area contributed by atoms with Crippen LogP contribution in [0.2, 0.25) is 24.7 Å². The summed E-state index contributed by atoms with van der Waals surface area (Å²) < 4.78 is 0. The molecule has 1 rings (SSSR count). The molecule has 1 saturated heterocycles. The van der Waals surface area contributed by atoms with Crippen LogP contribution in [0.1, 0.15) is 27.6 Å². The van der Waals surface area contributed by atoms with Crippen LogP contribution in [0.25, 0.3) is 0 Å². The van der Waals surface area contributed by atoms with Gasteiger partial charge >= 0.3 is 18.9 Å².